The SMILES string of the molecule is CN=C(NCCCCCCC(=O)OC(C)(C)C)NCC(CO)c1ccccc1.I. The van der Waals surface area contributed by atoms with Crippen molar-refractivity contribution in [2.24, 2.45) is 4.99 Å². The number of aliphatic imine (C=N–C) groups is 1. The number of hydrogen-bond acceptors (Lipinski definition) is 4. The number of carbonyl (C=O) groups excluding carboxylic acids is 1. The molecular formula is C22H38IN3O3. The van der Waals surface area contributed by atoms with Crippen LogP contribution >= 0.6 is 24.0 Å². The highest BCUT2D eigenvalue weighted by molar-refractivity contribution is 14.0. The van der Waals surface area contributed by atoms with E-state index in [1.54, 1.807) is 7.05 Å². The van der Waals surface area contributed by atoms with Crippen molar-refractivity contribution < 1.29 is 14.6 Å². The number of guanidine groups is 1. The van der Waals surface area contributed by atoms with Gasteiger partial charge in [-0.3, -0.25) is 9.79 Å². The number of ether oxygens (including phenoxy) is 1. The number of unbranched alkanes of at least 4 members (excludes halogenated alkanes) is 3. The largest absolute Gasteiger partial charge is 0.460 e. The van der Waals surface area contributed by atoms with Crippen molar-refractivity contribution in [2.75, 3.05) is 26.7 Å². The maximum absolute atomic E-state index is 11.7. The molecule has 3 N–H and O–H groups in total. The Hall–Kier alpha value is -1.35. The molecule has 29 heavy (non-hydrogen) atoms. The fourth-order valence-electron chi connectivity index (χ4n) is 2.80. The van der Waals surface area contributed by atoms with Gasteiger partial charge in [0, 0.05) is 32.5 Å². The van der Waals surface area contributed by atoms with Gasteiger partial charge in [-0.25, -0.2) is 0 Å². The molecule has 0 amide bonds. The van der Waals surface area contributed by atoms with E-state index in [9.17, 15) is 9.90 Å². The maximum atomic E-state index is 11.7. The third-order valence-electron chi connectivity index (χ3n) is 4.25. The van der Waals surface area contributed by atoms with Gasteiger partial charge in [0.25, 0.3) is 0 Å². The van der Waals surface area contributed by atoms with Crippen LogP contribution in [0.1, 0.15) is 64.4 Å². The Bertz CT molecular complexity index is 589. The van der Waals surface area contributed by atoms with Crippen LogP contribution in [0.5, 0.6) is 0 Å². The van der Waals surface area contributed by atoms with E-state index in [4.69, 9.17) is 4.74 Å². The van der Waals surface area contributed by atoms with Crippen LogP contribution in [0.15, 0.2) is 35.3 Å². The topological polar surface area (TPSA) is 83.0 Å². The van der Waals surface area contributed by atoms with Crippen LogP contribution in [0.25, 0.3) is 0 Å². The average molecular weight is 519 g/mol. The summed E-state index contributed by atoms with van der Waals surface area (Å²) in [5.74, 6) is 0.655. The Balaban J connectivity index is 0.00000784. The Kier molecular flexibility index (Phi) is 14.8. The van der Waals surface area contributed by atoms with Crippen LogP contribution in [0.4, 0.5) is 0 Å². The summed E-state index contributed by atoms with van der Waals surface area (Å²) < 4.78 is 5.31. The molecule has 0 saturated carbocycles. The number of carbonyl (C=O) groups is 1. The number of rotatable bonds is 11. The second kappa shape index (κ2) is 15.5. The molecule has 0 aliphatic rings. The number of hydrogen-bond donors (Lipinski definition) is 3. The van der Waals surface area contributed by atoms with Crippen LogP contribution in [-0.2, 0) is 9.53 Å². The van der Waals surface area contributed by atoms with Crippen molar-refractivity contribution >= 4 is 35.9 Å². The van der Waals surface area contributed by atoms with Crippen molar-refractivity contribution in [3.05, 3.63) is 35.9 Å². The first kappa shape index (κ1) is 27.6. The van der Waals surface area contributed by atoms with E-state index in [2.05, 4.69) is 15.6 Å². The Labute approximate surface area is 192 Å². The fourth-order valence-corrected chi connectivity index (χ4v) is 2.80. The summed E-state index contributed by atoms with van der Waals surface area (Å²) in [7, 11) is 1.74. The number of benzene rings is 1. The van der Waals surface area contributed by atoms with Crippen LogP contribution in [0.2, 0.25) is 0 Å². The number of halogens is 1. The van der Waals surface area contributed by atoms with E-state index >= 15 is 0 Å². The zero-order valence-electron chi connectivity index (χ0n) is 18.2. The maximum Gasteiger partial charge on any atom is 0.306 e. The third kappa shape index (κ3) is 13.5. The molecule has 0 aromatic heterocycles. The van der Waals surface area contributed by atoms with Crippen LogP contribution < -0.4 is 10.6 Å². The highest BCUT2D eigenvalue weighted by Gasteiger charge is 2.15. The minimum Gasteiger partial charge on any atom is -0.460 e. The van der Waals surface area contributed by atoms with E-state index in [1.807, 2.05) is 51.1 Å². The second-order valence-corrected chi connectivity index (χ2v) is 7.92. The molecule has 1 atom stereocenters. The van der Waals surface area contributed by atoms with E-state index in [-0.39, 0.29) is 42.5 Å². The van der Waals surface area contributed by atoms with Crippen LogP contribution in [-0.4, -0.2) is 49.4 Å². The summed E-state index contributed by atoms with van der Waals surface area (Å²) in [5.41, 5.74) is 0.706. The average Bonchev–Trinajstić information content (AvgIpc) is 2.65. The Morgan fingerprint density at radius 2 is 1.76 bits per heavy atom. The van der Waals surface area contributed by atoms with Gasteiger partial charge in [0.1, 0.15) is 5.60 Å². The smallest absolute Gasteiger partial charge is 0.306 e. The number of aliphatic hydroxyl groups excluding tert-OH is 1. The fraction of sp³-hybridized carbons (Fsp3) is 0.636. The highest BCUT2D eigenvalue weighted by Crippen LogP contribution is 2.13. The van der Waals surface area contributed by atoms with Crippen molar-refractivity contribution in [3.8, 4) is 0 Å². The summed E-state index contributed by atoms with van der Waals surface area (Å²) >= 11 is 0. The molecule has 1 rings (SSSR count). The molecule has 0 bridgehead atoms. The minimum absolute atomic E-state index is 0. The molecule has 0 aliphatic carbocycles. The van der Waals surface area contributed by atoms with E-state index in [0.29, 0.717) is 13.0 Å². The zero-order chi connectivity index (χ0) is 20.8. The molecule has 166 valence electrons. The van der Waals surface area contributed by atoms with Gasteiger partial charge in [0.2, 0.25) is 0 Å². The quantitative estimate of drug-likeness (QED) is 0.136. The molecule has 0 saturated heterocycles. The monoisotopic (exact) mass is 519 g/mol. The first-order chi connectivity index (χ1) is 13.4. The second-order valence-electron chi connectivity index (χ2n) is 7.92. The molecule has 1 aromatic rings. The number of aliphatic hydroxyl groups is 1. The lowest BCUT2D eigenvalue weighted by Crippen LogP contribution is -2.40. The summed E-state index contributed by atoms with van der Waals surface area (Å²) in [4.78, 5) is 15.9. The van der Waals surface area contributed by atoms with Crippen molar-refractivity contribution in [1.82, 2.24) is 10.6 Å². The predicted octanol–water partition coefficient (Wildman–Crippen LogP) is 3.84. The van der Waals surface area contributed by atoms with Crippen LogP contribution in [0.3, 0.4) is 0 Å². The minimum atomic E-state index is -0.403. The van der Waals surface area contributed by atoms with Crippen molar-refractivity contribution in [2.45, 2.75) is 64.4 Å². The number of nitrogens with zero attached hydrogens (tertiary/aromatic N) is 1. The lowest BCUT2D eigenvalue weighted by Gasteiger charge is -2.19. The van der Waals surface area contributed by atoms with E-state index in [1.165, 1.54) is 0 Å². The Morgan fingerprint density at radius 3 is 2.34 bits per heavy atom. The first-order valence-corrected chi connectivity index (χ1v) is 10.2. The van der Waals surface area contributed by atoms with Crippen molar-refractivity contribution in [3.63, 3.8) is 0 Å². The molecular weight excluding hydrogens is 481 g/mol. The molecule has 0 fully saturated rings. The molecule has 7 heteroatoms. The summed E-state index contributed by atoms with van der Waals surface area (Å²) in [6.07, 6.45) is 4.41. The van der Waals surface area contributed by atoms with E-state index in [0.717, 1.165) is 43.8 Å². The summed E-state index contributed by atoms with van der Waals surface area (Å²) in [6, 6.07) is 9.98. The van der Waals surface area contributed by atoms with Gasteiger partial charge in [-0.1, -0.05) is 43.2 Å². The number of nitrogens with one attached hydrogen (secondary N) is 2. The summed E-state index contributed by atoms with van der Waals surface area (Å²) in [6.45, 7) is 7.20. The standard InChI is InChI=1S/C22H37N3O3.HI/c1-22(2,3)28-20(27)14-10-5-6-11-15-24-21(23-4)25-16-19(17-26)18-12-8-7-9-13-18;/h7-9,12-13,19,26H,5-6,10-11,14-17H2,1-4H3,(H2,23,24,25);1H. The van der Waals surface area contributed by atoms with Crippen molar-refractivity contribution in [1.29, 1.82) is 0 Å². The molecule has 1 unspecified atom stereocenters. The number of esters is 1. The molecule has 1 aromatic carbocycles. The van der Waals surface area contributed by atoms with Gasteiger partial charge >= 0.3 is 5.97 Å². The van der Waals surface area contributed by atoms with Gasteiger partial charge in [0.05, 0.1) is 6.61 Å². The molecule has 0 spiro atoms. The molecule has 6 nitrogen and oxygen atoms in total. The molecule has 0 aliphatic heterocycles. The normalized spacial score (nSPS) is 12.7. The predicted molar refractivity (Wildman–Crippen MR) is 130 cm³/mol. The van der Waals surface area contributed by atoms with Gasteiger partial charge in [-0.15, -0.1) is 24.0 Å². The molecule has 0 radical (unpaired) electrons. The third-order valence-corrected chi connectivity index (χ3v) is 4.25. The van der Waals surface area contributed by atoms with Gasteiger partial charge in [-0.05, 0) is 39.2 Å². The lowest BCUT2D eigenvalue weighted by atomic mass is 10.0. The van der Waals surface area contributed by atoms with Crippen LogP contribution in [0, 0.1) is 0 Å². The van der Waals surface area contributed by atoms with Gasteiger partial charge in [-0.2, -0.15) is 0 Å². The highest BCUT2D eigenvalue weighted by atomic mass is 127. The first-order valence-electron chi connectivity index (χ1n) is 10.2. The zero-order valence-corrected chi connectivity index (χ0v) is 20.6. The Morgan fingerprint density at radius 1 is 1.10 bits per heavy atom. The van der Waals surface area contributed by atoms with Gasteiger partial charge in [0.15, 0.2) is 5.96 Å². The summed E-state index contributed by atoms with van der Waals surface area (Å²) in [5, 5.41) is 16.2. The van der Waals surface area contributed by atoms with E-state index < -0.39 is 5.60 Å². The molecule has 0 heterocycles. The lowest BCUT2D eigenvalue weighted by molar-refractivity contribution is -0.154. The van der Waals surface area contributed by atoms with Gasteiger partial charge < -0.3 is 20.5 Å².